The minimum absolute atomic E-state index is 0.145. The second-order valence-corrected chi connectivity index (χ2v) is 5.00. The van der Waals surface area contributed by atoms with Gasteiger partial charge in [-0.15, -0.1) is 0 Å². The number of aromatic nitrogens is 1. The minimum Gasteiger partial charge on any atom is -0.464 e. The zero-order chi connectivity index (χ0) is 15.6. The first kappa shape index (κ1) is 15.2. The lowest BCUT2D eigenvalue weighted by molar-refractivity contribution is 0.0527. The Labute approximate surface area is 129 Å². The van der Waals surface area contributed by atoms with Crippen LogP contribution in [-0.2, 0) is 9.47 Å². The number of benzene rings is 1. The number of nitrogens with zero attached hydrogens (tertiary/aromatic N) is 1. The summed E-state index contributed by atoms with van der Waals surface area (Å²) in [6.45, 7) is 1.90. The van der Waals surface area contributed by atoms with Crippen molar-refractivity contribution in [2.75, 3.05) is 14.2 Å². The molecule has 6 nitrogen and oxygen atoms in total. The van der Waals surface area contributed by atoms with Crippen molar-refractivity contribution < 1.29 is 23.5 Å². The molecule has 2 rings (SSSR count). The summed E-state index contributed by atoms with van der Waals surface area (Å²) in [6.07, 6.45) is 0. The van der Waals surface area contributed by atoms with Gasteiger partial charge in [-0.05, 0) is 30.7 Å². The van der Waals surface area contributed by atoms with Crippen LogP contribution in [0.25, 0.3) is 11.5 Å². The molecule has 0 saturated heterocycles. The van der Waals surface area contributed by atoms with Gasteiger partial charge in [-0.1, -0.05) is 15.9 Å². The highest BCUT2D eigenvalue weighted by molar-refractivity contribution is 9.10. The summed E-state index contributed by atoms with van der Waals surface area (Å²) in [5.41, 5.74) is 1.39. The third-order valence-corrected chi connectivity index (χ3v) is 3.67. The van der Waals surface area contributed by atoms with E-state index in [1.807, 2.05) is 19.1 Å². The molecule has 0 bridgehead atoms. The normalized spacial score (nSPS) is 10.3. The summed E-state index contributed by atoms with van der Waals surface area (Å²) in [7, 11) is 2.39. The fraction of sp³-hybridized carbons (Fsp3) is 0.214. The number of methoxy groups -OCH3 is 2. The van der Waals surface area contributed by atoms with E-state index in [1.165, 1.54) is 14.2 Å². The Morgan fingerprint density at radius 1 is 1.19 bits per heavy atom. The standard InChI is InChI=1S/C14H12BrNO5/c1-7-6-8(4-5-9(7)15)12-16-10(13(17)19-2)11(21-12)14(18)20-3/h4-6H,1-3H3. The van der Waals surface area contributed by atoms with E-state index >= 15 is 0 Å². The lowest BCUT2D eigenvalue weighted by Gasteiger charge is -2.00. The Morgan fingerprint density at radius 2 is 1.86 bits per heavy atom. The number of hydrogen-bond acceptors (Lipinski definition) is 6. The second-order valence-electron chi connectivity index (χ2n) is 4.14. The molecule has 0 aliphatic heterocycles. The van der Waals surface area contributed by atoms with Gasteiger partial charge in [0.05, 0.1) is 14.2 Å². The molecular weight excluding hydrogens is 342 g/mol. The number of ether oxygens (including phenoxy) is 2. The van der Waals surface area contributed by atoms with Crippen molar-refractivity contribution in [1.29, 1.82) is 0 Å². The summed E-state index contributed by atoms with van der Waals surface area (Å²) >= 11 is 3.39. The minimum atomic E-state index is -0.789. The van der Waals surface area contributed by atoms with E-state index in [9.17, 15) is 9.59 Å². The van der Waals surface area contributed by atoms with E-state index < -0.39 is 11.9 Å². The van der Waals surface area contributed by atoms with E-state index in [0.717, 1.165) is 10.0 Å². The molecule has 1 heterocycles. The number of hydrogen-bond donors (Lipinski definition) is 0. The molecule has 0 fully saturated rings. The van der Waals surface area contributed by atoms with Crippen LogP contribution in [0.4, 0.5) is 0 Å². The van der Waals surface area contributed by atoms with E-state index in [1.54, 1.807) is 6.07 Å². The lowest BCUT2D eigenvalue weighted by atomic mass is 10.1. The Kier molecular flexibility index (Phi) is 4.42. The van der Waals surface area contributed by atoms with Crippen LogP contribution in [0.5, 0.6) is 0 Å². The van der Waals surface area contributed by atoms with Gasteiger partial charge >= 0.3 is 11.9 Å². The van der Waals surface area contributed by atoms with Gasteiger partial charge < -0.3 is 13.9 Å². The first-order valence-electron chi connectivity index (χ1n) is 5.92. The average Bonchev–Trinajstić information content (AvgIpc) is 2.93. The molecule has 0 amide bonds. The average molecular weight is 354 g/mol. The van der Waals surface area contributed by atoms with E-state index in [4.69, 9.17) is 4.42 Å². The van der Waals surface area contributed by atoms with Gasteiger partial charge in [0, 0.05) is 10.0 Å². The molecule has 0 aliphatic rings. The molecule has 7 heteroatoms. The molecule has 21 heavy (non-hydrogen) atoms. The van der Waals surface area contributed by atoms with Crippen molar-refractivity contribution in [1.82, 2.24) is 4.98 Å². The van der Waals surface area contributed by atoms with Crippen molar-refractivity contribution in [2.45, 2.75) is 6.92 Å². The Hall–Kier alpha value is -2.15. The maximum atomic E-state index is 11.7. The largest absolute Gasteiger partial charge is 0.464 e. The van der Waals surface area contributed by atoms with Crippen LogP contribution < -0.4 is 0 Å². The molecule has 0 unspecified atom stereocenters. The summed E-state index contributed by atoms with van der Waals surface area (Å²) < 4.78 is 15.5. The highest BCUT2D eigenvalue weighted by Crippen LogP contribution is 2.27. The maximum Gasteiger partial charge on any atom is 0.376 e. The summed E-state index contributed by atoms with van der Waals surface area (Å²) in [5, 5.41) is 0. The first-order valence-corrected chi connectivity index (χ1v) is 6.71. The molecular formula is C14H12BrNO5. The van der Waals surface area contributed by atoms with Crippen LogP contribution in [-0.4, -0.2) is 31.1 Å². The van der Waals surface area contributed by atoms with E-state index in [2.05, 4.69) is 30.4 Å². The van der Waals surface area contributed by atoms with Crippen LogP contribution in [0.1, 0.15) is 26.6 Å². The lowest BCUT2D eigenvalue weighted by Crippen LogP contribution is -2.10. The van der Waals surface area contributed by atoms with E-state index in [-0.39, 0.29) is 17.3 Å². The van der Waals surface area contributed by atoms with Crippen LogP contribution >= 0.6 is 15.9 Å². The highest BCUT2D eigenvalue weighted by Gasteiger charge is 2.27. The molecule has 0 radical (unpaired) electrons. The third kappa shape index (κ3) is 2.97. The number of oxazole rings is 1. The van der Waals surface area contributed by atoms with Gasteiger partial charge in [0.2, 0.25) is 17.3 Å². The van der Waals surface area contributed by atoms with Crippen LogP contribution in [0.15, 0.2) is 27.1 Å². The molecule has 0 saturated carbocycles. The Bertz CT molecular complexity index is 674. The zero-order valence-corrected chi connectivity index (χ0v) is 13.2. The van der Waals surface area contributed by atoms with Crippen LogP contribution in [0, 0.1) is 6.92 Å². The zero-order valence-electron chi connectivity index (χ0n) is 11.6. The SMILES string of the molecule is COC(=O)c1nc(-c2ccc(Br)c(C)c2)oc1C(=O)OC. The Morgan fingerprint density at radius 3 is 2.43 bits per heavy atom. The molecule has 0 atom stereocenters. The van der Waals surface area contributed by atoms with Gasteiger partial charge in [-0.25, -0.2) is 14.6 Å². The van der Waals surface area contributed by atoms with Crippen molar-refractivity contribution in [3.8, 4) is 11.5 Å². The topological polar surface area (TPSA) is 78.6 Å². The van der Waals surface area contributed by atoms with Gasteiger partial charge in [0.1, 0.15) is 0 Å². The van der Waals surface area contributed by atoms with E-state index in [0.29, 0.717) is 5.56 Å². The highest BCUT2D eigenvalue weighted by atomic mass is 79.9. The number of carbonyl (C=O) groups excluding carboxylic acids is 2. The van der Waals surface area contributed by atoms with Gasteiger partial charge in [0.25, 0.3) is 0 Å². The monoisotopic (exact) mass is 353 g/mol. The number of halogens is 1. The smallest absolute Gasteiger partial charge is 0.376 e. The predicted molar refractivity (Wildman–Crippen MR) is 77.1 cm³/mol. The molecule has 110 valence electrons. The Balaban J connectivity index is 2.55. The molecule has 0 aliphatic carbocycles. The second kappa shape index (κ2) is 6.09. The van der Waals surface area contributed by atoms with Gasteiger partial charge in [-0.3, -0.25) is 0 Å². The van der Waals surface area contributed by atoms with Crippen molar-refractivity contribution in [3.63, 3.8) is 0 Å². The number of aryl methyl sites for hydroxylation is 1. The first-order chi connectivity index (χ1) is 9.97. The molecule has 1 aromatic carbocycles. The summed E-state index contributed by atoms with van der Waals surface area (Å²) in [5.74, 6) is -1.69. The summed E-state index contributed by atoms with van der Waals surface area (Å²) in [4.78, 5) is 27.3. The van der Waals surface area contributed by atoms with Crippen LogP contribution in [0.2, 0.25) is 0 Å². The molecule has 0 spiro atoms. The molecule has 2 aromatic rings. The van der Waals surface area contributed by atoms with Crippen LogP contribution in [0.3, 0.4) is 0 Å². The van der Waals surface area contributed by atoms with Crippen molar-refractivity contribution >= 4 is 27.9 Å². The fourth-order valence-corrected chi connectivity index (χ4v) is 1.93. The van der Waals surface area contributed by atoms with Gasteiger partial charge in [0.15, 0.2) is 0 Å². The number of carbonyl (C=O) groups is 2. The number of esters is 2. The summed E-state index contributed by atoms with van der Waals surface area (Å²) in [6, 6.07) is 5.40. The van der Waals surface area contributed by atoms with Crippen molar-refractivity contribution in [2.24, 2.45) is 0 Å². The third-order valence-electron chi connectivity index (χ3n) is 2.78. The predicted octanol–water partition coefficient (Wildman–Crippen LogP) is 2.99. The number of rotatable bonds is 3. The van der Waals surface area contributed by atoms with Gasteiger partial charge in [-0.2, -0.15) is 0 Å². The van der Waals surface area contributed by atoms with Crippen molar-refractivity contribution in [3.05, 3.63) is 39.7 Å². The molecule has 1 aromatic heterocycles. The quantitative estimate of drug-likeness (QED) is 0.789. The maximum absolute atomic E-state index is 11.7. The molecule has 0 N–H and O–H groups in total. The fourth-order valence-electron chi connectivity index (χ4n) is 1.69.